The topological polar surface area (TPSA) is 33.7 Å². The number of nitrogens with one attached hydrogen (secondary N) is 1. The summed E-state index contributed by atoms with van der Waals surface area (Å²) in [6.45, 7) is 11.0. The lowest BCUT2D eigenvalue weighted by atomic mass is 9.94. The molecule has 2 heterocycles. The number of piperidine rings is 1. The van der Waals surface area contributed by atoms with Gasteiger partial charge in [-0.2, -0.15) is 0 Å². The van der Waals surface area contributed by atoms with Crippen molar-refractivity contribution in [2.45, 2.75) is 57.8 Å². The molecule has 2 aliphatic rings. The molecular weight excluding hydrogens is 359 g/mol. The van der Waals surface area contributed by atoms with Crippen LogP contribution < -0.4 is 39.6 Å². The van der Waals surface area contributed by atoms with E-state index in [0.29, 0.717) is 0 Å². The quantitative estimate of drug-likeness (QED) is 0.585. The molecule has 0 amide bonds. The number of hydrogen-bond donors (Lipinski definition) is 1. The Hall–Kier alpha value is -0.680. The highest BCUT2D eigenvalue weighted by Gasteiger charge is 2.41. The maximum Gasteiger partial charge on any atom is 0.162 e. The summed E-state index contributed by atoms with van der Waals surface area (Å²) in [6.07, 6.45) is 4.08. The SMILES string of the molecule is CC(NCCN1CCCCC1)C1Oc2ccccc2OC1(C)C.[Cl-].[Cl-]. The first-order valence-corrected chi connectivity index (χ1v) is 8.97. The van der Waals surface area contributed by atoms with Gasteiger partial charge in [-0.3, -0.25) is 0 Å². The van der Waals surface area contributed by atoms with Crippen LogP contribution in [0.25, 0.3) is 0 Å². The second-order valence-electron chi connectivity index (χ2n) is 7.34. The lowest BCUT2D eigenvalue weighted by molar-refractivity contribution is -0.0566. The molecule has 6 heteroatoms. The second-order valence-corrected chi connectivity index (χ2v) is 7.34. The third-order valence-electron chi connectivity index (χ3n) is 4.96. The number of hydrogen-bond acceptors (Lipinski definition) is 4. The molecule has 1 fully saturated rings. The van der Waals surface area contributed by atoms with Crippen molar-refractivity contribution in [2.24, 2.45) is 0 Å². The Labute approximate surface area is 164 Å². The van der Waals surface area contributed by atoms with Crippen molar-refractivity contribution in [3.05, 3.63) is 24.3 Å². The van der Waals surface area contributed by atoms with Gasteiger partial charge in [0.1, 0.15) is 5.60 Å². The molecule has 0 bridgehead atoms. The van der Waals surface area contributed by atoms with E-state index in [1.54, 1.807) is 0 Å². The first-order chi connectivity index (χ1) is 11.1. The summed E-state index contributed by atoms with van der Waals surface area (Å²) in [5.74, 6) is 1.69. The average Bonchev–Trinajstić information content (AvgIpc) is 2.54. The highest BCUT2D eigenvalue weighted by molar-refractivity contribution is 5.42. The van der Waals surface area contributed by atoms with E-state index in [9.17, 15) is 0 Å². The number of likely N-dealkylation sites (tertiary alicyclic amines) is 1. The van der Waals surface area contributed by atoms with Crippen LogP contribution in [0.15, 0.2) is 24.3 Å². The van der Waals surface area contributed by atoms with Crippen LogP contribution in [0.3, 0.4) is 0 Å². The monoisotopic (exact) mass is 388 g/mol. The first kappa shape index (κ1) is 22.4. The van der Waals surface area contributed by atoms with Crippen molar-refractivity contribution in [1.82, 2.24) is 10.2 Å². The van der Waals surface area contributed by atoms with E-state index in [4.69, 9.17) is 9.47 Å². The summed E-state index contributed by atoms with van der Waals surface area (Å²) in [5.41, 5.74) is -0.341. The summed E-state index contributed by atoms with van der Waals surface area (Å²) in [6, 6.07) is 8.17. The number of fused-ring (bicyclic) bond motifs is 1. The molecular formula is C19H30Cl2N2O2-2. The van der Waals surface area contributed by atoms with Gasteiger partial charge in [0, 0.05) is 19.1 Å². The van der Waals surface area contributed by atoms with E-state index in [1.165, 1.54) is 32.4 Å². The van der Waals surface area contributed by atoms with Crippen LogP contribution in [-0.4, -0.2) is 48.8 Å². The fourth-order valence-corrected chi connectivity index (χ4v) is 3.70. The van der Waals surface area contributed by atoms with E-state index >= 15 is 0 Å². The zero-order valence-corrected chi connectivity index (χ0v) is 16.9. The second kappa shape index (κ2) is 9.86. The Morgan fingerprint density at radius 2 is 1.76 bits per heavy atom. The van der Waals surface area contributed by atoms with Crippen LogP contribution in [0.5, 0.6) is 11.5 Å². The fraction of sp³-hybridized carbons (Fsp3) is 0.684. The van der Waals surface area contributed by atoms with E-state index < -0.39 is 0 Å². The maximum absolute atomic E-state index is 6.25. The molecule has 25 heavy (non-hydrogen) atoms. The molecule has 0 aliphatic carbocycles. The number of para-hydroxylation sites is 2. The van der Waals surface area contributed by atoms with Gasteiger partial charge in [-0.1, -0.05) is 18.6 Å². The van der Waals surface area contributed by atoms with Gasteiger partial charge in [0.05, 0.1) is 0 Å². The highest BCUT2D eigenvalue weighted by atomic mass is 35.5. The Morgan fingerprint density at radius 1 is 1.12 bits per heavy atom. The molecule has 0 saturated carbocycles. The minimum atomic E-state index is -0.341. The molecule has 2 aliphatic heterocycles. The van der Waals surface area contributed by atoms with Crippen molar-refractivity contribution in [1.29, 1.82) is 0 Å². The molecule has 2 atom stereocenters. The summed E-state index contributed by atoms with van der Waals surface area (Å²) >= 11 is 0. The standard InChI is InChI=1S/C19H30N2O2.2ClH/c1-15(20-11-14-21-12-7-4-8-13-21)18-19(2,3)23-17-10-6-5-9-16(17)22-18;;/h5-6,9-10,15,18,20H,4,7-8,11-14H2,1-3H3;2*1H/p-2. The van der Waals surface area contributed by atoms with Crippen LogP contribution in [0.2, 0.25) is 0 Å². The first-order valence-electron chi connectivity index (χ1n) is 8.97. The number of nitrogens with zero attached hydrogens (tertiary/aromatic N) is 1. The van der Waals surface area contributed by atoms with Gasteiger partial charge in [-0.05, 0) is 58.8 Å². The van der Waals surface area contributed by atoms with E-state index in [1.807, 2.05) is 24.3 Å². The predicted molar refractivity (Wildman–Crippen MR) is 93.3 cm³/mol. The Bertz CT molecular complexity index is 522. The van der Waals surface area contributed by atoms with Crippen LogP contribution in [-0.2, 0) is 0 Å². The van der Waals surface area contributed by atoms with Crippen LogP contribution in [0.4, 0.5) is 0 Å². The van der Waals surface area contributed by atoms with Crippen molar-refractivity contribution in [2.75, 3.05) is 26.2 Å². The highest BCUT2D eigenvalue weighted by Crippen LogP contribution is 2.38. The molecule has 0 aromatic heterocycles. The number of benzene rings is 1. The largest absolute Gasteiger partial charge is 1.00 e. The lowest BCUT2D eigenvalue weighted by Gasteiger charge is -2.43. The van der Waals surface area contributed by atoms with E-state index in [0.717, 1.165) is 24.6 Å². The molecule has 4 nitrogen and oxygen atoms in total. The smallest absolute Gasteiger partial charge is 0.162 e. The van der Waals surface area contributed by atoms with E-state index in [2.05, 4.69) is 31.0 Å². The molecule has 1 saturated heterocycles. The molecule has 1 aromatic rings. The van der Waals surface area contributed by atoms with Gasteiger partial charge in [0.25, 0.3) is 0 Å². The number of rotatable bonds is 5. The van der Waals surface area contributed by atoms with Crippen molar-refractivity contribution in [3.63, 3.8) is 0 Å². The number of halogens is 2. The van der Waals surface area contributed by atoms with Gasteiger partial charge >= 0.3 is 0 Å². The van der Waals surface area contributed by atoms with Gasteiger partial charge in [0.2, 0.25) is 0 Å². The van der Waals surface area contributed by atoms with Gasteiger partial charge < -0.3 is 44.5 Å². The molecule has 1 aromatic carbocycles. The molecule has 144 valence electrons. The maximum atomic E-state index is 6.25. The Balaban J connectivity index is 0.00000156. The van der Waals surface area contributed by atoms with Gasteiger partial charge in [-0.15, -0.1) is 0 Å². The molecule has 2 unspecified atom stereocenters. The predicted octanol–water partition coefficient (Wildman–Crippen LogP) is -2.92. The van der Waals surface area contributed by atoms with Gasteiger partial charge in [-0.25, -0.2) is 0 Å². The van der Waals surface area contributed by atoms with E-state index in [-0.39, 0.29) is 42.6 Å². The summed E-state index contributed by atoms with van der Waals surface area (Å²) < 4.78 is 12.4. The minimum absolute atomic E-state index is 0. The molecule has 0 radical (unpaired) electrons. The normalized spacial score (nSPS) is 23.1. The summed E-state index contributed by atoms with van der Waals surface area (Å²) in [7, 11) is 0. The zero-order chi connectivity index (χ0) is 16.3. The fourth-order valence-electron chi connectivity index (χ4n) is 3.70. The van der Waals surface area contributed by atoms with Gasteiger partial charge in [0.15, 0.2) is 17.6 Å². The Morgan fingerprint density at radius 3 is 2.44 bits per heavy atom. The van der Waals surface area contributed by atoms with Crippen LogP contribution in [0.1, 0.15) is 40.0 Å². The summed E-state index contributed by atoms with van der Waals surface area (Å²) in [5, 5.41) is 3.64. The number of ether oxygens (including phenoxy) is 2. The molecule has 1 N–H and O–H groups in total. The third kappa shape index (κ3) is 5.65. The third-order valence-corrected chi connectivity index (χ3v) is 4.96. The lowest BCUT2D eigenvalue weighted by Crippen LogP contribution is -3.00. The van der Waals surface area contributed by atoms with Crippen molar-refractivity contribution in [3.8, 4) is 11.5 Å². The molecule has 3 rings (SSSR count). The average molecular weight is 389 g/mol. The van der Waals surface area contributed by atoms with Crippen molar-refractivity contribution < 1.29 is 34.3 Å². The minimum Gasteiger partial charge on any atom is -1.00 e. The van der Waals surface area contributed by atoms with Crippen LogP contribution in [0, 0.1) is 0 Å². The summed E-state index contributed by atoms with van der Waals surface area (Å²) in [4.78, 5) is 2.56. The molecule has 0 spiro atoms. The van der Waals surface area contributed by atoms with Crippen LogP contribution >= 0.6 is 0 Å². The zero-order valence-electron chi connectivity index (χ0n) is 15.4. The Kier molecular flexibility index (Phi) is 8.82. The van der Waals surface area contributed by atoms with Crippen molar-refractivity contribution >= 4 is 0 Å².